The zero-order valence-electron chi connectivity index (χ0n) is 20.1. The van der Waals surface area contributed by atoms with Gasteiger partial charge in [-0.2, -0.15) is 0 Å². The predicted molar refractivity (Wildman–Crippen MR) is 145 cm³/mol. The molecule has 35 heavy (non-hydrogen) atoms. The van der Waals surface area contributed by atoms with Gasteiger partial charge in [-0.1, -0.05) is 48.5 Å². The summed E-state index contributed by atoms with van der Waals surface area (Å²) >= 11 is 0. The number of amides is 2. The average molecular weight is 495 g/mol. The van der Waals surface area contributed by atoms with Crippen molar-refractivity contribution < 1.29 is 9.59 Å². The van der Waals surface area contributed by atoms with E-state index in [1.54, 1.807) is 0 Å². The number of halogens is 1. The number of carbonyl (C=O) groups excluding carboxylic acids is 2. The van der Waals surface area contributed by atoms with Crippen molar-refractivity contribution in [1.29, 1.82) is 0 Å². The lowest BCUT2D eigenvalue weighted by Crippen LogP contribution is -2.41. The quantitative estimate of drug-likeness (QED) is 0.244. The Morgan fingerprint density at radius 1 is 0.657 bits per heavy atom. The van der Waals surface area contributed by atoms with Gasteiger partial charge in [0.1, 0.15) is 0 Å². The minimum Gasteiger partial charge on any atom is -0.330 e. The van der Waals surface area contributed by atoms with Crippen molar-refractivity contribution in [3.63, 3.8) is 0 Å². The minimum atomic E-state index is -0.197. The summed E-state index contributed by atoms with van der Waals surface area (Å²) in [7, 11) is 0. The lowest BCUT2D eigenvalue weighted by Gasteiger charge is -2.28. The number of nitrogens with zero attached hydrogens (tertiary/aromatic N) is 1. The maximum absolute atomic E-state index is 13.2. The first-order chi connectivity index (χ1) is 16.7. The highest BCUT2D eigenvalue weighted by atomic mass is 35.5. The lowest BCUT2D eigenvalue weighted by atomic mass is 9.89. The number of imide groups is 1. The average Bonchev–Trinajstić information content (AvgIpc) is 2.87. The molecule has 0 saturated heterocycles. The van der Waals surface area contributed by atoms with E-state index in [-0.39, 0.29) is 24.2 Å². The van der Waals surface area contributed by atoms with E-state index in [9.17, 15) is 9.59 Å². The van der Waals surface area contributed by atoms with Crippen molar-refractivity contribution in [3.05, 3.63) is 71.8 Å². The molecule has 0 saturated carbocycles. The minimum absolute atomic E-state index is 0. The second kappa shape index (κ2) is 13.4. The van der Waals surface area contributed by atoms with Crippen molar-refractivity contribution in [2.24, 2.45) is 5.73 Å². The SMILES string of the molecule is Cl.NCCCNCCCCNCCCN1C(=O)c2cccc3c(-c4ccccc4)ccc(c23)C1=O. The summed E-state index contributed by atoms with van der Waals surface area (Å²) in [5.41, 5.74) is 8.82. The summed E-state index contributed by atoms with van der Waals surface area (Å²) in [4.78, 5) is 27.9. The van der Waals surface area contributed by atoms with Gasteiger partial charge in [0.25, 0.3) is 11.8 Å². The van der Waals surface area contributed by atoms with Gasteiger partial charge in [0.05, 0.1) is 0 Å². The molecule has 3 aromatic carbocycles. The topological polar surface area (TPSA) is 87.5 Å². The second-order valence-corrected chi connectivity index (χ2v) is 8.72. The molecule has 1 heterocycles. The van der Waals surface area contributed by atoms with Gasteiger partial charge >= 0.3 is 0 Å². The molecule has 0 spiro atoms. The van der Waals surface area contributed by atoms with E-state index in [0.717, 1.165) is 80.3 Å². The maximum atomic E-state index is 13.2. The highest BCUT2D eigenvalue weighted by molar-refractivity contribution is 6.26. The predicted octanol–water partition coefficient (Wildman–Crippen LogP) is 4.22. The van der Waals surface area contributed by atoms with Gasteiger partial charge in [0.2, 0.25) is 0 Å². The largest absolute Gasteiger partial charge is 0.330 e. The van der Waals surface area contributed by atoms with Crippen LogP contribution in [0.25, 0.3) is 21.9 Å². The van der Waals surface area contributed by atoms with Crippen molar-refractivity contribution in [2.45, 2.75) is 25.7 Å². The van der Waals surface area contributed by atoms with Crippen LogP contribution in [-0.4, -0.2) is 56.0 Å². The zero-order valence-corrected chi connectivity index (χ0v) is 20.9. The van der Waals surface area contributed by atoms with Gasteiger partial charge < -0.3 is 16.4 Å². The number of nitrogens with two attached hydrogens (primary N) is 1. The van der Waals surface area contributed by atoms with Gasteiger partial charge in [-0.15, -0.1) is 12.4 Å². The molecule has 1 aliphatic rings. The zero-order chi connectivity index (χ0) is 23.8. The molecule has 0 aromatic heterocycles. The summed E-state index contributed by atoms with van der Waals surface area (Å²) < 4.78 is 0. The number of hydrogen-bond acceptors (Lipinski definition) is 5. The Morgan fingerprint density at radius 3 is 1.94 bits per heavy atom. The Morgan fingerprint density at radius 2 is 1.26 bits per heavy atom. The summed E-state index contributed by atoms with van der Waals surface area (Å²) in [5, 5.41) is 8.52. The van der Waals surface area contributed by atoms with Crippen LogP contribution in [0.3, 0.4) is 0 Å². The second-order valence-electron chi connectivity index (χ2n) is 8.72. The molecule has 4 N–H and O–H groups in total. The molecule has 0 radical (unpaired) electrons. The van der Waals surface area contributed by atoms with Crippen LogP contribution in [-0.2, 0) is 0 Å². The van der Waals surface area contributed by atoms with Crippen molar-refractivity contribution in [3.8, 4) is 11.1 Å². The maximum Gasteiger partial charge on any atom is 0.261 e. The number of carbonyl (C=O) groups is 2. The molecular formula is C28H35ClN4O2. The van der Waals surface area contributed by atoms with Crippen LogP contribution in [0, 0.1) is 0 Å². The van der Waals surface area contributed by atoms with E-state index in [4.69, 9.17) is 5.73 Å². The fourth-order valence-electron chi connectivity index (χ4n) is 4.56. The molecule has 0 bridgehead atoms. The van der Waals surface area contributed by atoms with Crippen molar-refractivity contribution in [1.82, 2.24) is 15.5 Å². The molecule has 1 aliphatic heterocycles. The number of unbranched alkanes of at least 4 members (excludes halogenated alkanes) is 1. The first kappa shape index (κ1) is 26.8. The molecule has 3 aromatic rings. The van der Waals surface area contributed by atoms with Gasteiger partial charge in [-0.25, -0.2) is 0 Å². The van der Waals surface area contributed by atoms with Gasteiger partial charge in [-0.05, 0) is 87.1 Å². The Kier molecular flexibility index (Phi) is 10.2. The van der Waals surface area contributed by atoms with Crippen LogP contribution >= 0.6 is 12.4 Å². The van der Waals surface area contributed by atoms with E-state index < -0.39 is 0 Å². The summed E-state index contributed by atoms with van der Waals surface area (Å²) in [5.74, 6) is -0.395. The van der Waals surface area contributed by atoms with E-state index >= 15 is 0 Å². The number of benzene rings is 3. The molecule has 0 fully saturated rings. The number of nitrogens with one attached hydrogen (secondary N) is 2. The first-order valence-corrected chi connectivity index (χ1v) is 12.3. The third kappa shape index (κ3) is 6.27. The van der Waals surface area contributed by atoms with Crippen LogP contribution in [0.5, 0.6) is 0 Å². The van der Waals surface area contributed by atoms with Crippen LogP contribution in [0.15, 0.2) is 60.7 Å². The molecule has 0 unspecified atom stereocenters. The highest BCUT2D eigenvalue weighted by Crippen LogP contribution is 2.36. The summed E-state index contributed by atoms with van der Waals surface area (Å²) in [6.45, 7) is 4.85. The van der Waals surface area contributed by atoms with E-state index in [1.165, 1.54) is 4.90 Å². The third-order valence-electron chi connectivity index (χ3n) is 6.33. The Bertz CT molecular complexity index is 1110. The van der Waals surface area contributed by atoms with Gasteiger partial charge in [-0.3, -0.25) is 14.5 Å². The van der Waals surface area contributed by atoms with Crippen LogP contribution in [0.2, 0.25) is 0 Å². The third-order valence-corrected chi connectivity index (χ3v) is 6.33. The summed E-state index contributed by atoms with van der Waals surface area (Å²) in [6, 6.07) is 19.7. The Labute approximate surface area is 213 Å². The van der Waals surface area contributed by atoms with E-state index in [0.29, 0.717) is 17.7 Å². The molecule has 4 rings (SSSR count). The lowest BCUT2D eigenvalue weighted by molar-refractivity contribution is 0.0609. The molecular weight excluding hydrogens is 460 g/mol. The first-order valence-electron chi connectivity index (χ1n) is 12.3. The fourth-order valence-corrected chi connectivity index (χ4v) is 4.56. The van der Waals surface area contributed by atoms with Crippen molar-refractivity contribution in [2.75, 3.05) is 39.3 Å². The number of hydrogen-bond donors (Lipinski definition) is 3. The number of rotatable bonds is 13. The van der Waals surface area contributed by atoms with E-state index in [2.05, 4.69) is 10.6 Å². The smallest absolute Gasteiger partial charge is 0.261 e. The fraction of sp³-hybridized carbons (Fsp3) is 0.357. The normalized spacial score (nSPS) is 12.8. The Hall–Kier alpha value is -2.77. The van der Waals surface area contributed by atoms with Crippen LogP contribution in [0.4, 0.5) is 0 Å². The molecule has 6 nitrogen and oxygen atoms in total. The van der Waals surface area contributed by atoms with Gasteiger partial charge in [0.15, 0.2) is 0 Å². The Balaban J connectivity index is 0.00000342. The van der Waals surface area contributed by atoms with Gasteiger partial charge in [0, 0.05) is 23.1 Å². The summed E-state index contributed by atoms with van der Waals surface area (Å²) in [6.07, 6.45) is 3.96. The monoisotopic (exact) mass is 494 g/mol. The van der Waals surface area contributed by atoms with Crippen molar-refractivity contribution >= 4 is 35.0 Å². The molecule has 7 heteroatoms. The molecule has 0 atom stereocenters. The van der Waals surface area contributed by atoms with Crippen LogP contribution < -0.4 is 16.4 Å². The highest BCUT2D eigenvalue weighted by Gasteiger charge is 2.32. The molecule has 2 amide bonds. The van der Waals surface area contributed by atoms with Crippen LogP contribution in [0.1, 0.15) is 46.4 Å². The standard InChI is InChI=1S/C28H34N4O2.ClH/c29-15-7-18-30-16-4-5-17-31-19-8-20-32-27(33)24-12-6-11-23-22(21-9-2-1-3-10-21)13-14-25(26(23)24)28(32)34;/h1-3,6,9-14,30-31H,4-5,7-8,15-20,29H2;1H. The molecule has 186 valence electrons. The van der Waals surface area contributed by atoms with E-state index in [1.807, 2.05) is 60.7 Å². The molecule has 0 aliphatic carbocycles.